The van der Waals surface area contributed by atoms with Gasteiger partial charge in [-0.1, -0.05) is 5.01 Å². The first-order valence-corrected chi connectivity index (χ1v) is 3.19. The van der Waals surface area contributed by atoms with E-state index in [2.05, 4.69) is 15.7 Å². The van der Waals surface area contributed by atoms with Crippen molar-refractivity contribution in [2.24, 2.45) is 5.10 Å². The Morgan fingerprint density at radius 3 is 2.23 bits per heavy atom. The Balaban J connectivity index is 2.48. The molecule has 1 fully saturated rings. The van der Waals surface area contributed by atoms with Crippen molar-refractivity contribution in [1.82, 2.24) is 15.6 Å². The number of guanidine groups is 1. The van der Waals surface area contributed by atoms with Gasteiger partial charge in [-0.05, 0) is 0 Å². The van der Waals surface area contributed by atoms with E-state index in [1.165, 1.54) is 0 Å². The maximum Gasteiger partial charge on any atom is 0.271 e. The Hall–Kier alpha value is -2.13. The van der Waals surface area contributed by atoms with E-state index in [1.807, 2.05) is 0 Å². The second-order valence-corrected chi connectivity index (χ2v) is 2.10. The lowest BCUT2D eigenvalue weighted by molar-refractivity contribution is -0.658. The standard InChI is InChI=1S/C3H6N6O4/c10-8(11)6-3-4-1-7(2-5-3)9(12)13/h1-2H2,(H2,4,5,6). The van der Waals surface area contributed by atoms with Crippen LogP contribution in [0.1, 0.15) is 0 Å². The zero-order valence-electron chi connectivity index (χ0n) is 6.34. The van der Waals surface area contributed by atoms with Crippen LogP contribution in [0.3, 0.4) is 0 Å². The highest BCUT2D eigenvalue weighted by atomic mass is 16.7. The number of rotatable bonds is 2. The van der Waals surface area contributed by atoms with Gasteiger partial charge in [-0.15, -0.1) is 0 Å². The van der Waals surface area contributed by atoms with Crippen molar-refractivity contribution < 1.29 is 10.1 Å². The molecule has 0 saturated carbocycles. The number of hydrogen-bond donors (Lipinski definition) is 2. The van der Waals surface area contributed by atoms with Crippen molar-refractivity contribution in [2.45, 2.75) is 0 Å². The Bertz CT molecular complexity index is 253. The van der Waals surface area contributed by atoms with Crippen LogP contribution in [0.25, 0.3) is 0 Å². The third-order valence-electron chi connectivity index (χ3n) is 1.27. The molecule has 10 heteroatoms. The van der Waals surface area contributed by atoms with E-state index < -0.39 is 10.1 Å². The van der Waals surface area contributed by atoms with E-state index in [0.717, 1.165) is 5.01 Å². The van der Waals surface area contributed by atoms with Gasteiger partial charge in [-0.2, -0.15) is 0 Å². The monoisotopic (exact) mass is 190 g/mol. The number of nitro groups is 2. The molecule has 0 unspecified atom stereocenters. The highest BCUT2D eigenvalue weighted by molar-refractivity contribution is 5.79. The van der Waals surface area contributed by atoms with E-state index in [-0.39, 0.29) is 19.3 Å². The SMILES string of the molecule is O=[N+]([O-])N=C1NCN([N+](=O)[O-])CN1. The molecule has 0 aromatic rings. The summed E-state index contributed by atoms with van der Waals surface area (Å²) in [6, 6.07) is 0. The van der Waals surface area contributed by atoms with Crippen LogP contribution in [0.4, 0.5) is 0 Å². The van der Waals surface area contributed by atoms with Crippen LogP contribution in [0, 0.1) is 20.2 Å². The quantitative estimate of drug-likeness (QED) is 0.386. The zero-order chi connectivity index (χ0) is 9.84. The Morgan fingerprint density at radius 1 is 1.31 bits per heavy atom. The fraction of sp³-hybridized carbons (Fsp3) is 0.667. The van der Waals surface area contributed by atoms with Crippen molar-refractivity contribution in [2.75, 3.05) is 13.3 Å². The zero-order valence-corrected chi connectivity index (χ0v) is 6.34. The lowest BCUT2D eigenvalue weighted by Crippen LogP contribution is -2.56. The first-order valence-electron chi connectivity index (χ1n) is 3.19. The average Bonchev–Trinajstić information content (AvgIpc) is 2.04. The highest BCUT2D eigenvalue weighted by Crippen LogP contribution is 1.88. The van der Waals surface area contributed by atoms with Gasteiger partial charge in [0.15, 0.2) is 23.4 Å². The fourth-order valence-electron chi connectivity index (χ4n) is 0.719. The molecular formula is C3H6N6O4. The van der Waals surface area contributed by atoms with Crippen LogP contribution in [-0.2, 0) is 0 Å². The van der Waals surface area contributed by atoms with Gasteiger partial charge >= 0.3 is 0 Å². The van der Waals surface area contributed by atoms with E-state index in [9.17, 15) is 20.2 Å². The lowest BCUT2D eigenvalue weighted by atomic mass is 10.7. The molecule has 0 amide bonds. The van der Waals surface area contributed by atoms with Crippen molar-refractivity contribution in [1.29, 1.82) is 0 Å². The summed E-state index contributed by atoms with van der Waals surface area (Å²) in [6.07, 6.45) is 0. The summed E-state index contributed by atoms with van der Waals surface area (Å²) in [4.78, 5) is 20.0. The van der Waals surface area contributed by atoms with E-state index >= 15 is 0 Å². The minimum atomic E-state index is -0.892. The normalized spacial score (nSPS) is 15.7. The molecule has 0 aromatic carbocycles. The summed E-state index contributed by atoms with van der Waals surface area (Å²) >= 11 is 0. The van der Waals surface area contributed by atoms with Crippen molar-refractivity contribution in [3.8, 4) is 0 Å². The Kier molecular flexibility index (Phi) is 2.42. The van der Waals surface area contributed by atoms with Gasteiger partial charge in [0.05, 0.1) is 0 Å². The van der Waals surface area contributed by atoms with Gasteiger partial charge in [-0.3, -0.25) is 0 Å². The van der Waals surface area contributed by atoms with Crippen molar-refractivity contribution in [3.63, 3.8) is 0 Å². The number of nitrogens with zero attached hydrogens (tertiary/aromatic N) is 4. The predicted octanol–water partition coefficient (Wildman–Crippen LogP) is -1.86. The van der Waals surface area contributed by atoms with Gasteiger partial charge in [0.1, 0.15) is 5.10 Å². The molecule has 1 saturated heterocycles. The Morgan fingerprint density at radius 2 is 1.85 bits per heavy atom. The van der Waals surface area contributed by atoms with Crippen LogP contribution < -0.4 is 10.6 Å². The molecule has 0 bridgehead atoms. The molecule has 0 spiro atoms. The topological polar surface area (TPSA) is 126 Å². The maximum atomic E-state index is 10.2. The van der Waals surface area contributed by atoms with Gasteiger partial charge in [0.25, 0.3) is 5.96 Å². The molecule has 13 heavy (non-hydrogen) atoms. The molecule has 1 heterocycles. The molecule has 0 aromatic heterocycles. The van der Waals surface area contributed by atoms with Gasteiger partial charge < -0.3 is 10.6 Å². The molecule has 0 atom stereocenters. The smallest absolute Gasteiger partial charge is 0.271 e. The van der Waals surface area contributed by atoms with Gasteiger partial charge in [0.2, 0.25) is 0 Å². The second-order valence-electron chi connectivity index (χ2n) is 2.10. The first-order chi connectivity index (χ1) is 6.09. The van der Waals surface area contributed by atoms with Crippen LogP contribution in [-0.4, -0.2) is 34.4 Å². The third-order valence-corrected chi connectivity index (χ3v) is 1.27. The highest BCUT2D eigenvalue weighted by Gasteiger charge is 2.21. The minimum Gasteiger partial charge on any atom is -0.329 e. The van der Waals surface area contributed by atoms with Crippen molar-refractivity contribution >= 4 is 5.96 Å². The average molecular weight is 190 g/mol. The van der Waals surface area contributed by atoms with Crippen LogP contribution in [0.2, 0.25) is 0 Å². The molecule has 0 radical (unpaired) electrons. The summed E-state index contributed by atoms with van der Waals surface area (Å²) in [5.41, 5.74) is 0. The van der Waals surface area contributed by atoms with E-state index in [4.69, 9.17) is 0 Å². The molecule has 1 aliphatic heterocycles. The van der Waals surface area contributed by atoms with Gasteiger partial charge in [-0.25, -0.2) is 20.2 Å². The summed E-state index contributed by atoms with van der Waals surface area (Å²) in [5.74, 6) is -0.0805. The largest absolute Gasteiger partial charge is 0.329 e. The molecule has 72 valence electrons. The summed E-state index contributed by atoms with van der Waals surface area (Å²) in [7, 11) is 0. The number of hydrazone groups is 1. The number of hydrogen-bond acceptors (Lipinski definition) is 4. The fourth-order valence-corrected chi connectivity index (χ4v) is 0.719. The maximum absolute atomic E-state index is 10.2. The molecule has 1 rings (SSSR count). The molecule has 0 aliphatic carbocycles. The van der Waals surface area contributed by atoms with Gasteiger partial charge in [0, 0.05) is 0 Å². The Labute approximate surface area is 71.5 Å². The van der Waals surface area contributed by atoms with E-state index in [1.54, 1.807) is 0 Å². The van der Waals surface area contributed by atoms with Crippen LogP contribution in [0.15, 0.2) is 5.10 Å². The summed E-state index contributed by atoms with van der Waals surface area (Å²) in [5, 5.41) is 26.9. The third kappa shape index (κ3) is 2.43. The predicted molar refractivity (Wildman–Crippen MR) is 39.3 cm³/mol. The summed E-state index contributed by atoms with van der Waals surface area (Å²) < 4.78 is 0. The minimum absolute atomic E-state index is 0.0805. The first kappa shape index (κ1) is 8.96. The number of nitrogens with one attached hydrogen (secondary N) is 2. The molecule has 2 N–H and O–H groups in total. The van der Waals surface area contributed by atoms with E-state index in [0.29, 0.717) is 0 Å². The molecule has 1 aliphatic rings. The van der Waals surface area contributed by atoms with Crippen molar-refractivity contribution in [3.05, 3.63) is 20.2 Å². The summed E-state index contributed by atoms with van der Waals surface area (Å²) in [6.45, 7) is -0.237. The second kappa shape index (κ2) is 3.51. The molecule has 10 nitrogen and oxygen atoms in total. The van der Waals surface area contributed by atoms with Crippen LogP contribution in [0.5, 0.6) is 0 Å². The van der Waals surface area contributed by atoms with Crippen LogP contribution >= 0.6 is 0 Å². The number of hydrazine groups is 1. The molecular weight excluding hydrogens is 184 g/mol. The lowest BCUT2D eigenvalue weighted by Gasteiger charge is -2.21.